The molecule has 3 rings (SSSR count). The number of carbonyl (C=O) groups excluding carboxylic acids is 1. The van der Waals surface area contributed by atoms with Gasteiger partial charge in [-0.15, -0.1) is 0 Å². The fraction of sp³-hybridized carbons (Fsp3) is 0. The Bertz CT molecular complexity index is 811. The lowest BCUT2D eigenvalue weighted by atomic mass is 10.00. The molecule has 0 amide bonds. The third kappa shape index (κ3) is 2.35. The summed E-state index contributed by atoms with van der Waals surface area (Å²) in [6.07, 6.45) is 3.36. The Hall–Kier alpha value is -1.71. The minimum Gasteiger partial charge on any atom is -0.289 e. The summed E-state index contributed by atoms with van der Waals surface area (Å²) >= 11 is 9.29. The molecule has 0 fully saturated rings. The highest BCUT2D eigenvalue weighted by molar-refractivity contribution is 9.10. The summed E-state index contributed by atoms with van der Waals surface area (Å²) in [7, 11) is 0. The molecule has 4 heteroatoms. The van der Waals surface area contributed by atoms with Crippen LogP contribution in [0, 0.1) is 0 Å². The molecule has 0 spiro atoms. The first-order valence-corrected chi connectivity index (χ1v) is 7.16. The SMILES string of the molecule is O=C(c1ccc(Cl)c(Br)c1)c1cncc2ccccc12. The molecule has 20 heavy (non-hydrogen) atoms. The number of carbonyl (C=O) groups is 1. The first kappa shape index (κ1) is 13.3. The van der Waals surface area contributed by atoms with Gasteiger partial charge in [-0.25, -0.2) is 0 Å². The van der Waals surface area contributed by atoms with Crippen LogP contribution in [0.1, 0.15) is 15.9 Å². The molecule has 2 nitrogen and oxygen atoms in total. The molecule has 0 saturated heterocycles. The Labute approximate surface area is 129 Å². The van der Waals surface area contributed by atoms with Gasteiger partial charge in [0.15, 0.2) is 5.78 Å². The van der Waals surface area contributed by atoms with Gasteiger partial charge in [0.25, 0.3) is 0 Å². The number of hydrogen-bond acceptors (Lipinski definition) is 2. The molecule has 0 aliphatic rings. The molecule has 0 bridgehead atoms. The maximum Gasteiger partial charge on any atom is 0.195 e. The zero-order chi connectivity index (χ0) is 14.1. The van der Waals surface area contributed by atoms with Crippen molar-refractivity contribution in [2.75, 3.05) is 0 Å². The number of ketones is 1. The van der Waals surface area contributed by atoms with E-state index >= 15 is 0 Å². The van der Waals surface area contributed by atoms with E-state index in [9.17, 15) is 4.79 Å². The smallest absolute Gasteiger partial charge is 0.195 e. The number of benzene rings is 2. The van der Waals surface area contributed by atoms with Gasteiger partial charge in [-0.3, -0.25) is 9.78 Å². The molecule has 0 aliphatic carbocycles. The van der Waals surface area contributed by atoms with Gasteiger partial charge in [0, 0.05) is 33.4 Å². The molecule has 1 heterocycles. The maximum atomic E-state index is 12.6. The van der Waals surface area contributed by atoms with Crippen molar-refractivity contribution in [1.29, 1.82) is 0 Å². The number of nitrogens with zero attached hydrogens (tertiary/aromatic N) is 1. The average Bonchev–Trinajstić information content (AvgIpc) is 2.49. The number of rotatable bonds is 2. The Morgan fingerprint density at radius 2 is 1.90 bits per heavy atom. The summed E-state index contributed by atoms with van der Waals surface area (Å²) in [6.45, 7) is 0. The maximum absolute atomic E-state index is 12.6. The van der Waals surface area contributed by atoms with Crippen molar-refractivity contribution in [3.63, 3.8) is 0 Å². The second-order valence-corrected chi connectivity index (χ2v) is 5.63. The summed E-state index contributed by atoms with van der Waals surface area (Å²) in [4.78, 5) is 16.8. The fourth-order valence-corrected chi connectivity index (χ4v) is 2.59. The Kier molecular flexibility index (Phi) is 3.55. The number of hydrogen-bond donors (Lipinski definition) is 0. The molecule has 3 aromatic rings. The highest BCUT2D eigenvalue weighted by Gasteiger charge is 2.13. The average molecular weight is 347 g/mol. The summed E-state index contributed by atoms with van der Waals surface area (Å²) in [5.74, 6) is -0.0633. The third-order valence-corrected chi connectivity index (χ3v) is 4.31. The highest BCUT2D eigenvalue weighted by Crippen LogP contribution is 2.26. The zero-order valence-electron chi connectivity index (χ0n) is 10.3. The third-order valence-electron chi connectivity index (χ3n) is 3.09. The predicted octanol–water partition coefficient (Wildman–Crippen LogP) is 4.88. The van der Waals surface area contributed by atoms with E-state index in [1.54, 1.807) is 30.6 Å². The number of fused-ring (bicyclic) bond motifs is 1. The van der Waals surface area contributed by atoms with Crippen molar-refractivity contribution in [1.82, 2.24) is 4.98 Å². The number of pyridine rings is 1. The van der Waals surface area contributed by atoms with Crippen LogP contribution in [0.2, 0.25) is 5.02 Å². The van der Waals surface area contributed by atoms with E-state index in [1.165, 1.54) is 0 Å². The summed E-state index contributed by atoms with van der Waals surface area (Å²) in [5, 5.41) is 2.43. The second kappa shape index (κ2) is 5.35. The van der Waals surface area contributed by atoms with Gasteiger partial charge in [0.1, 0.15) is 0 Å². The van der Waals surface area contributed by atoms with Gasteiger partial charge in [-0.05, 0) is 39.5 Å². The van der Waals surface area contributed by atoms with Gasteiger partial charge in [-0.2, -0.15) is 0 Å². The summed E-state index contributed by atoms with van der Waals surface area (Å²) in [6, 6.07) is 12.9. The lowest BCUT2D eigenvalue weighted by Crippen LogP contribution is -2.03. The van der Waals surface area contributed by atoms with Crippen LogP contribution in [0.15, 0.2) is 59.3 Å². The minimum atomic E-state index is -0.0633. The normalized spacial score (nSPS) is 10.7. The van der Waals surface area contributed by atoms with Crippen LogP contribution in [0.4, 0.5) is 0 Å². The van der Waals surface area contributed by atoms with Crippen molar-refractivity contribution in [2.45, 2.75) is 0 Å². The van der Waals surface area contributed by atoms with Gasteiger partial charge in [0.2, 0.25) is 0 Å². The van der Waals surface area contributed by atoms with Crippen molar-refractivity contribution in [2.24, 2.45) is 0 Å². The van der Waals surface area contributed by atoms with Crippen LogP contribution in [0.5, 0.6) is 0 Å². The minimum absolute atomic E-state index is 0.0633. The molecular formula is C16H9BrClNO. The predicted molar refractivity (Wildman–Crippen MR) is 84.3 cm³/mol. The first-order valence-electron chi connectivity index (χ1n) is 5.99. The van der Waals surface area contributed by atoms with E-state index in [2.05, 4.69) is 20.9 Å². The van der Waals surface area contributed by atoms with Crippen LogP contribution >= 0.6 is 27.5 Å². The van der Waals surface area contributed by atoms with Crippen LogP contribution in [0.3, 0.4) is 0 Å². The van der Waals surface area contributed by atoms with Gasteiger partial charge in [-0.1, -0.05) is 35.9 Å². The largest absolute Gasteiger partial charge is 0.289 e. The van der Waals surface area contributed by atoms with Gasteiger partial charge in [0.05, 0.1) is 5.02 Å². The van der Waals surface area contributed by atoms with Gasteiger partial charge >= 0.3 is 0 Å². The second-order valence-electron chi connectivity index (χ2n) is 4.37. The summed E-state index contributed by atoms with van der Waals surface area (Å²) in [5.41, 5.74) is 1.18. The number of aromatic nitrogens is 1. The lowest BCUT2D eigenvalue weighted by molar-refractivity contribution is 0.104. The summed E-state index contributed by atoms with van der Waals surface area (Å²) < 4.78 is 0.707. The van der Waals surface area contributed by atoms with Gasteiger partial charge < -0.3 is 0 Å². The lowest BCUT2D eigenvalue weighted by Gasteiger charge is -2.06. The molecule has 0 unspecified atom stereocenters. The zero-order valence-corrected chi connectivity index (χ0v) is 12.6. The van der Waals surface area contributed by atoms with E-state index in [0.717, 1.165) is 10.8 Å². The number of halogens is 2. The highest BCUT2D eigenvalue weighted by atomic mass is 79.9. The standard InChI is InChI=1S/C16H9BrClNO/c17-14-7-10(5-6-15(14)18)16(20)13-9-19-8-11-3-1-2-4-12(11)13/h1-9H. The van der Waals surface area contributed by atoms with Crippen molar-refractivity contribution in [3.8, 4) is 0 Å². The fourth-order valence-electron chi connectivity index (χ4n) is 2.09. The van der Waals surface area contributed by atoms with E-state index in [1.807, 2.05) is 24.3 Å². The van der Waals surface area contributed by atoms with Crippen LogP contribution in [-0.4, -0.2) is 10.8 Å². The first-order chi connectivity index (χ1) is 9.66. The molecule has 2 aromatic carbocycles. The van der Waals surface area contributed by atoms with Crippen molar-refractivity contribution >= 4 is 44.1 Å². The van der Waals surface area contributed by atoms with Crippen LogP contribution in [0.25, 0.3) is 10.8 Å². The van der Waals surface area contributed by atoms with Crippen molar-refractivity contribution in [3.05, 3.63) is 75.5 Å². The topological polar surface area (TPSA) is 30.0 Å². The van der Waals surface area contributed by atoms with E-state index in [-0.39, 0.29) is 5.78 Å². The Morgan fingerprint density at radius 1 is 1.10 bits per heavy atom. The molecule has 0 atom stereocenters. The Balaban J connectivity index is 2.15. The van der Waals surface area contributed by atoms with Crippen LogP contribution < -0.4 is 0 Å². The monoisotopic (exact) mass is 345 g/mol. The van der Waals surface area contributed by atoms with E-state index in [4.69, 9.17) is 11.6 Å². The quantitative estimate of drug-likeness (QED) is 0.619. The molecule has 1 aromatic heterocycles. The molecular weight excluding hydrogens is 338 g/mol. The molecule has 0 aliphatic heterocycles. The van der Waals surface area contributed by atoms with Crippen molar-refractivity contribution < 1.29 is 4.79 Å². The molecule has 0 saturated carbocycles. The Morgan fingerprint density at radius 3 is 2.70 bits per heavy atom. The van der Waals surface area contributed by atoms with E-state index in [0.29, 0.717) is 20.6 Å². The van der Waals surface area contributed by atoms with E-state index < -0.39 is 0 Å². The molecule has 98 valence electrons. The van der Waals surface area contributed by atoms with Crippen LogP contribution in [-0.2, 0) is 0 Å². The molecule has 0 radical (unpaired) electrons. The molecule has 0 N–H and O–H groups in total.